The van der Waals surface area contributed by atoms with Crippen LogP contribution in [0.15, 0.2) is 55.1 Å². The first-order valence-corrected chi connectivity index (χ1v) is 9.71. The van der Waals surface area contributed by atoms with Crippen LogP contribution in [0.5, 0.6) is 0 Å². The average molecular weight is 386 g/mol. The Morgan fingerprint density at radius 3 is 2.48 bits per heavy atom. The molecule has 4 N–H and O–H groups in total. The molecule has 0 radical (unpaired) electrons. The average Bonchev–Trinajstić information content (AvgIpc) is 3.10. The zero-order valence-corrected chi connectivity index (χ0v) is 15.9. The van der Waals surface area contributed by atoms with Crippen LogP contribution < -0.4 is 16.4 Å². The molecule has 29 heavy (non-hydrogen) atoms. The van der Waals surface area contributed by atoms with E-state index in [9.17, 15) is 0 Å². The number of anilines is 2. The van der Waals surface area contributed by atoms with Gasteiger partial charge >= 0.3 is 0 Å². The van der Waals surface area contributed by atoms with Crippen LogP contribution >= 0.6 is 0 Å². The van der Waals surface area contributed by atoms with Gasteiger partial charge in [-0.3, -0.25) is 4.98 Å². The zero-order chi connectivity index (χ0) is 19.8. The lowest BCUT2D eigenvalue weighted by molar-refractivity contribution is 0.498. The van der Waals surface area contributed by atoms with Gasteiger partial charge in [0.2, 0.25) is 0 Å². The summed E-state index contributed by atoms with van der Waals surface area (Å²) in [6.45, 7) is 1.90. The van der Waals surface area contributed by atoms with Gasteiger partial charge in [-0.2, -0.15) is 0 Å². The van der Waals surface area contributed by atoms with Gasteiger partial charge in [0.25, 0.3) is 0 Å². The largest absolute Gasteiger partial charge is 0.382 e. The van der Waals surface area contributed by atoms with E-state index < -0.39 is 0 Å². The summed E-state index contributed by atoms with van der Waals surface area (Å²) in [5, 5.41) is 4.43. The van der Waals surface area contributed by atoms with E-state index >= 15 is 0 Å². The first-order valence-electron chi connectivity index (χ1n) is 9.71. The predicted octanol–water partition coefficient (Wildman–Crippen LogP) is 2.36. The number of rotatable bonds is 3. The number of fused-ring (bicyclic) bond motifs is 1. The van der Waals surface area contributed by atoms with Crippen molar-refractivity contribution in [3.63, 3.8) is 0 Å². The van der Waals surface area contributed by atoms with E-state index in [1.807, 2.05) is 42.9 Å². The van der Waals surface area contributed by atoms with Gasteiger partial charge in [0.15, 0.2) is 11.5 Å². The second kappa shape index (κ2) is 7.14. The molecule has 5 rings (SSSR count). The van der Waals surface area contributed by atoms with Crippen LogP contribution in [0.2, 0.25) is 0 Å². The smallest absolute Gasteiger partial charge is 0.166 e. The third-order valence-electron chi connectivity index (χ3n) is 5.37. The number of hydrogen-bond donors (Lipinski definition) is 2. The summed E-state index contributed by atoms with van der Waals surface area (Å²) in [6.07, 6.45) is 9.35. The second-order valence-corrected chi connectivity index (χ2v) is 7.32. The fourth-order valence-electron chi connectivity index (χ4n) is 3.73. The summed E-state index contributed by atoms with van der Waals surface area (Å²) in [5.41, 5.74) is 16.2. The minimum Gasteiger partial charge on any atom is -0.382 e. The monoisotopic (exact) mass is 386 g/mol. The normalized spacial score (nSPS) is 15.1. The van der Waals surface area contributed by atoms with Crippen molar-refractivity contribution in [1.29, 1.82) is 0 Å². The van der Waals surface area contributed by atoms with Crippen LogP contribution in [0, 0.1) is 0 Å². The topological polar surface area (TPSA) is 111 Å². The highest BCUT2D eigenvalue weighted by molar-refractivity contribution is 5.84. The number of aromatic nitrogens is 5. The van der Waals surface area contributed by atoms with Gasteiger partial charge in [-0.1, -0.05) is 6.07 Å². The highest BCUT2D eigenvalue weighted by atomic mass is 15.3. The molecule has 0 bridgehead atoms. The molecule has 1 saturated heterocycles. The molecule has 8 heteroatoms. The van der Waals surface area contributed by atoms with E-state index in [1.54, 1.807) is 10.7 Å². The van der Waals surface area contributed by atoms with Crippen molar-refractivity contribution >= 4 is 17.3 Å². The fraction of sp³-hybridized carbons (Fsp3) is 0.238. The highest BCUT2D eigenvalue weighted by Gasteiger charge is 2.18. The van der Waals surface area contributed by atoms with Gasteiger partial charge in [0.05, 0.1) is 11.3 Å². The van der Waals surface area contributed by atoms with Crippen molar-refractivity contribution in [1.82, 2.24) is 24.6 Å². The molecule has 0 spiro atoms. The molecule has 4 aromatic rings. The molecular weight excluding hydrogens is 364 g/mol. The Morgan fingerprint density at radius 2 is 1.76 bits per heavy atom. The highest BCUT2D eigenvalue weighted by Crippen LogP contribution is 2.29. The third kappa shape index (κ3) is 3.27. The van der Waals surface area contributed by atoms with Crippen molar-refractivity contribution in [3.8, 4) is 22.4 Å². The Labute approximate surface area is 168 Å². The molecule has 1 aliphatic heterocycles. The summed E-state index contributed by atoms with van der Waals surface area (Å²) in [4.78, 5) is 15.9. The zero-order valence-electron chi connectivity index (χ0n) is 15.9. The molecule has 1 aliphatic rings. The Kier molecular flexibility index (Phi) is 4.33. The predicted molar refractivity (Wildman–Crippen MR) is 113 cm³/mol. The molecule has 4 aromatic heterocycles. The van der Waals surface area contributed by atoms with Crippen LogP contribution in [0.3, 0.4) is 0 Å². The lowest BCUT2D eigenvalue weighted by atomic mass is 10.1. The molecular formula is C21H22N8. The van der Waals surface area contributed by atoms with Crippen LogP contribution in [-0.2, 0) is 0 Å². The summed E-state index contributed by atoms with van der Waals surface area (Å²) < 4.78 is 1.70. The molecule has 5 heterocycles. The van der Waals surface area contributed by atoms with E-state index in [-0.39, 0.29) is 0 Å². The Balaban J connectivity index is 1.45. The molecule has 0 saturated carbocycles. The number of hydrogen-bond acceptors (Lipinski definition) is 7. The number of pyridine rings is 2. The van der Waals surface area contributed by atoms with E-state index in [1.165, 1.54) is 0 Å². The Hall–Kier alpha value is -3.52. The third-order valence-corrected chi connectivity index (χ3v) is 5.37. The molecule has 0 amide bonds. The van der Waals surface area contributed by atoms with Crippen molar-refractivity contribution < 1.29 is 0 Å². The van der Waals surface area contributed by atoms with E-state index in [0.717, 1.165) is 54.1 Å². The first-order chi connectivity index (χ1) is 14.2. The molecule has 0 atom stereocenters. The first kappa shape index (κ1) is 17.6. The molecule has 146 valence electrons. The van der Waals surface area contributed by atoms with Gasteiger partial charge in [0, 0.05) is 55.0 Å². The Bertz CT molecular complexity index is 1130. The molecule has 0 unspecified atom stereocenters. The fourth-order valence-corrected chi connectivity index (χ4v) is 3.73. The number of nitrogens with two attached hydrogens (primary N) is 2. The lowest BCUT2D eigenvalue weighted by Crippen LogP contribution is -2.40. The van der Waals surface area contributed by atoms with Crippen LogP contribution in [0.1, 0.15) is 12.8 Å². The van der Waals surface area contributed by atoms with Crippen molar-refractivity contribution in [3.05, 3.63) is 55.1 Å². The number of nitrogen functional groups attached to an aromatic ring is 1. The summed E-state index contributed by atoms with van der Waals surface area (Å²) in [5.74, 6) is 1.39. The van der Waals surface area contributed by atoms with E-state index in [2.05, 4.69) is 31.0 Å². The number of piperidine rings is 1. The van der Waals surface area contributed by atoms with Crippen LogP contribution in [0.4, 0.5) is 11.6 Å². The quantitative estimate of drug-likeness (QED) is 0.556. The molecule has 8 nitrogen and oxygen atoms in total. The van der Waals surface area contributed by atoms with Gasteiger partial charge in [-0.05, 0) is 37.1 Å². The van der Waals surface area contributed by atoms with Gasteiger partial charge in [-0.15, -0.1) is 5.10 Å². The van der Waals surface area contributed by atoms with Gasteiger partial charge in [0.1, 0.15) is 5.82 Å². The number of nitrogens with zero attached hydrogens (tertiary/aromatic N) is 6. The maximum atomic E-state index is 6.15. The van der Waals surface area contributed by atoms with E-state index in [4.69, 9.17) is 11.5 Å². The maximum absolute atomic E-state index is 6.15. The van der Waals surface area contributed by atoms with Crippen LogP contribution in [-0.4, -0.2) is 43.7 Å². The Morgan fingerprint density at radius 1 is 0.931 bits per heavy atom. The standard InChI is InChI=1S/C21H22N8/c22-16-6-9-28(10-7-16)18-5-4-14(11-25-18)15-12-26-21-19(17-3-1-2-8-24-17)20(23)27-29(21)13-15/h1-5,8,11-13,16H,6-7,9-10,22H2,(H2,23,27). The maximum Gasteiger partial charge on any atom is 0.166 e. The lowest BCUT2D eigenvalue weighted by Gasteiger charge is -2.31. The van der Waals surface area contributed by atoms with E-state index in [0.29, 0.717) is 17.5 Å². The van der Waals surface area contributed by atoms with Gasteiger partial charge in [-0.25, -0.2) is 14.5 Å². The van der Waals surface area contributed by atoms with Crippen molar-refractivity contribution in [2.24, 2.45) is 5.73 Å². The molecule has 1 fully saturated rings. The summed E-state index contributed by atoms with van der Waals surface area (Å²) >= 11 is 0. The summed E-state index contributed by atoms with van der Waals surface area (Å²) in [7, 11) is 0. The van der Waals surface area contributed by atoms with Gasteiger partial charge < -0.3 is 16.4 Å². The minimum absolute atomic E-state index is 0.306. The van der Waals surface area contributed by atoms with Crippen LogP contribution in [0.25, 0.3) is 28.0 Å². The SMILES string of the molecule is Nc1nn2cc(-c3ccc(N4CCC(N)CC4)nc3)cnc2c1-c1ccccn1. The van der Waals surface area contributed by atoms with Crippen molar-refractivity contribution in [2.45, 2.75) is 18.9 Å². The second-order valence-electron chi connectivity index (χ2n) is 7.32. The summed E-state index contributed by atoms with van der Waals surface area (Å²) in [6, 6.07) is 10.1. The van der Waals surface area contributed by atoms with Crippen molar-refractivity contribution in [2.75, 3.05) is 23.7 Å². The molecule has 0 aromatic carbocycles. The molecule has 0 aliphatic carbocycles. The minimum atomic E-state index is 0.306.